The SMILES string of the molecule is CC[C@H](C)CN1[C@@H]2[C@H](O)[C@@H]3C[C@H]2[C@H]2[C@H](O)[C@@H]1C[C@H]32. The van der Waals surface area contributed by atoms with Crippen molar-refractivity contribution >= 4 is 0 Å². The van der Waals surface area contributed by atoms with Crippen LogP contribution >= 0.6 is 0 Å². The number of aliphatic hydroxyl groups excluding tert-OH is 2. The van der Waals surface area contributed by atoms with Crippen molar-refractivity contribution in [2.45, 2.75) is 57.4 Å². The molecule has 4 bridgehead atoms. The summed E-state index contributed by atoms with van der Waals surface area (Å²) in [7, 11) is 0. The topological polar surface area (TPSA) is 43.7 Å². The fraction of sp³-hybridized carbons (Fsp3) is 1.00. The van der Waals surface area contributed by atoms with Gasteiger partial charge in [-0.05, 0) is 42.4 Å². The van der Waals surface area contributed by atoms with Crippen molar-refractivity contribution in [2.75, 3.05) is 6.54 Å². The fourth-order valence-electron chi connectivity index (χ4n) is 5.77. The predicted octanol–water partition coefficient (Wildman–Crippen LogP) is 1.09. The van der Waals surface area contributed by atoms with E-state index in [9.17, 15) is 10.2 Å². The van der Waals surface area contributed by atoms with Crippen LogP contribution in [0.25, 0.3) is 0 Å². The highest BCUT2D eigenvalue weighted by Crippen LogP contribution is 2.64. The number of hydrogen-bond acceptors (Lipinski definition) is 3. The van der Waals surface area contributed by atoms with Crippen molar-refractivity contribution in [2.24, 2.45) is 29.6 Å². The summed E-state index contributed by atoms with van der Waals surface area (Å²) < 4.78 is 0. The molecule has 18 heavy (non-hydrogen) atoms. The molecule has 0 aromatic rings. The van der Waals surface area contributed by atoms with Crippen LogP contribution in [0, 0.1) is 29.6 Å². The van der Waals surface area contributed by atoms with Gasteiger partial charge in [-0.25, -0.2) is 0 Å². The summed E-state index contributed by atoms with van der Waals surface area (Å²) in [5.41, 5.74) is 0. The van der Waals surface area contributed by atoms with Gasteiger partial charge in [0.15, 0.2) is 0 Å². The molecular formula is C15H25NO2. The van der Waals surface area contributed by atoms with E-state index >= 15 is 0 Å². The van der Waals surface area contributed by atoms with Crippen LogP contribution in [0.3, 0.4) is 0 Å². The minimum absolute atomic E-state index is 0.113. The molecule has 1 saturated heterocycles. The average molecular weight is 251 g/mol. The number of rotatable bonds is 3. The Bertz CT molecular complexity index is 360. The molecule has 0 radical (unpaired) electrons. The minimum Gasteiger partial charge on any atom is -0.391 e. The molecular weight excluding hydrogens is 226 g/mol. The molecule has 9 atom stereocenters. The second kappa shape index (κ2) is 3.71. The third-order valence-electron chi connectivity index (χ3n) is 6.64. The number of piperidine rings is 1. The van der Waals surface area contributed by atoms with Crippen LogP contribution in [0.15, 0.2) is 0 Å². The monoisotopic (exact) mass is 251 g/mol. The van der Waals surface area contributed by atoms with Crippen molar-refractivity contribution in [3.05, 3.63) is 0 Å². The van der Waals surface area contributed by atoms with Gasteiger partial charge in [0, 0.05) is 18.6 Å². The predicted molar refractivity (Wildman–Crippen MR) is 68.9 cm³/mol. The van der Waals surface area contributed by atoms with E-state index in [1.807, 2.05) is 0 Å². The van der Waals surface area contributed by atoms with Crippen LogP contribution in [0.5, 0.6) is 0 Å². The third kappa shape index (κ3) is 1.21. The Labute approximate surface area is 109 Å². The molecule has 0 aromatic carbocycles. The normalized spacial score (nSPS) is 58.7. The van der Waals surface area contributed by atoms with Crippen LogP contribution in [-0.2, 0) is 0 Å². The highest BCUT2D eigenvalue weighted by atomic mass is 16.3. The standard InChI is InChI=1S/C15H25NO2/c1-3-7(2)6-16-11-5-8-9-4-10(12(8)15(11)18)13(16)14(9)17/h7-15,17-18H,3-6H2,1-2H3/t7-,8+,9+,10-,11-,12-,13-,14+,15+/m0/s1. The maximum Gasteiger partial charge on any atom is 0.0729 e. The Hall–Kier alpha value is -0.120. The number of fused-ring (bicyclic) bond motifs is 3. The van der Waals surface area contributed by atoms with Crippen molar-refractivity contribution in [3.63, 3.8) is 0 Å². The molecule has 0 unspecified atom stereocenters. The Morgan fingerprint density at radius 3 is 2.61 bits per heavy atom. The molecule has 3 aliphatic carbocycles. The molecule has 0 aromatic heterocycles. The molecule has 0 spiro atoms. The van der Waals surface area contributed by atoms with Gasteiger partial charge in [0.2, 0.25) is 0 Å². The van der Waals surface area contributed by atoms with Gasteiger partial charge in [-0.1, -0.05) is 20.3 Å². The molecule has 1 aliphatic heterocycles. The summed E-state index contributed by atoms with van der Waals surface area (Å²) in [6, 6.07) is 0.705. The van der Waals surface area contributed by atoms with Gasteiger partial charge in [0.05, 0.1) is 12.2 Å². The third-order valence-corrected chi connectivity index (χ3v) is 6.64. The molecule has 4 rings (SSSR count). The molecule has 4 fully saturated rings. The van der Waals surface area contributed by atoms with Gasteiger partial charge in [0.25, 0.3) is 0 Å². The lowest BCUT2D eigenvalue weighted by molar-refractivity contribution is -0.102. The second-order valence-electron chi connectivity index (χ2n) is 7.29. The smallest absolute Gasteiger partial charge is 0.0729 e. The van der Waals surface area contributed by atoms with Gasteiger partial charge in [-0.2, -0.15) is 0 Å². The van der Waals surface area contributed by atoms with E-state index in [0.29, 0.717) is 41.7 Å². The van der Waals surface area contributed by atoms with Crippen LogP contribution < -0.4 is 0 Å². The highest BCUT2D eigenvalue weighted by molar-refractivity contribution is 5.21. The van der Waals surface area contributed by atoms with E-state index in [4.69, 9.17) is 0 Å². The van der Waals surface area contributed by atoms with Crippen LogP contribution in [0.1, 0.15) is 33.1 Å². The van der Waals surface area contributed by atoms with Crippen molar-refractivity contribution in [3.8, 4) is 0 Å². The Morgan fingerprint density at radius 1 is 1.11 bits per heavy atom. The minimum atomic E-state index is -0.113. The first-order chi connectivity index (χ1) is 8.63. The summed E-state index contributed by atoms with van der Waals surface area (Å²) in [5.74, 6) is 2.86. The van der Waals surface area contributed by atoms with Crippen LogP contribution in [0.4, 0.5) is 0 Å². The van der Waals surface area contributed by atoms with E-state index in [1.165, 1.54) is 12.8 Å². The zero-order chi connectivity index (χ0) is 12.6. The first-order valence-corrected chi connectivity index (χ1v) is 7.75. The van der Waals surface area contributed by atoms with E-state index in [2.05, 4.69) is 18.7 Å². The number of hydrogen-bond donors (Lipinski definition) is 2. The molecule has 0 amide bonds. The maximum atomic E-state index is 10.5. The van der Waals surface area contributed by atoms with Crippen LogP contribution in [0.2, 0.25) is 0 Å². The molecule has 3 saturated carbocycles. The van der Waals surface area contributed by atoms with Crippen molar-refractivity contribution in [1.82, 2.24) is 4.90 Å². The summed E-state index contributed by atoms with van der Waals surface area (Å²) in [4.78, 5) is 2.50. The number of nitrogens with zero attached hydrogens (tertiary/aromatic N) is 1. The molecule has 4 aliphatic rings. The van der Waals surface area contributed by atoms with Gasteiger partial charge >= 0.3 is 0 Å². The number of aliphatic hydroxyl groups is 2. The van der Waals surface area contributed by atoms with E-state index in [1.54, 1.807) is 0 Å². The Balaban J connectivity index is 1.67. The largest absolute Gasteiger partial charge is 0.391 e. The lowest BCUT2D eigenvalue weighted by Gasteiger charge is -2.49. The van der Waals surface area contributed by atoms with Gasteiger partial charge in [0.1, 0.15) is 0 Å². The molecule has 3 nitrogen and oxygen atoms in total. The van der Waals surface area contributed by atoms with Crippen molar-refractivity contribution in [1.29, 1.82) is 0 Å². The second-order valence-corrected chi connectivity index (χ2v) is 7.29. The van der Waals surface area contributed by atoms with Gasteiger partial charge < -0.3 is 10.2 Å². The van der Waals surface area contributed by atoms with E-state index < -0.39 is 0 Å². The summed E-state index contributed by atoms with van der Waals surface area (Å²) in [5, 5.41) is 21.1. The highest BCUT2D eigenvalue weighted by Gasteiger charge is 2.69. The summed E-state index contributed by atoms with van der Waals surface area (Å²) >= 11 is 0. The summed E-state index contributed by atoms with van der Waals surface area (Å²) in [6.45, 7) is 5.58. The van der Waals surface area contributed by atoms with Gasteiger partial charge in [-0.3, -0.25) is 4.90 Å². The zero-order valence-corrected chi connectivity index (χ0v) is 11.4. The lowest BCUT2D eigenvalue weighted by Crippen LogP contribution is -2.61. The maximum absolute atomic E-state index is 10.5. The van der Waals surface area contributed by atoms with Crippen molar-refractivity contribution < 1.29 is 10.2 Å². The Morgan fingerprint density at radius 2 is 1.89 bits per heavy atom. The molecule has 102 valence electrons. The van der Waals surface area contributed by atoms with Gasteiger partial charge in [-0.15, -0.1) is 0 Å². The first kappa shape index (κ1) is 11.7. The molecule has 3 heteroatoms. The quantitative estimate of drug-likeness (QED) is 0.789. The zero-order valence-electron chi connectivity index (χ0n) is 11.4. The lowest BCUT2D eigenvalue weighted by atomic mass is 9.75. The molecule has 1 heterocycles. The summed E-state index contributed by atoms with van der Waals surface area (Å²) in [6.07, 6.45) is 3.26. The van der Waals surface area contributed by atoms with Crippen LogP contribution in [-0.4, -0.2) is 45.9 Å². The fourth-order valence-corrected chi connectivity index (χ4v) is 5.77. The van der Waals surface area contributed by atoms with E-state index in [0.717, 1.165) is 13.0 Å². The van der Waals surface area contributed by atoms with E-state index in [-0.39, 0.29) is 12.2 Å². The number of likely N-dealkylation sites (tertiary alicyclic amines) is 1. The molecule has 2 N–H and O–H groups in total. The first-order valence-electron chi connectivity index (χ1n) is 7.75. The average Bonchev–Trinajstić information content (AvgIpc) is 2.91. The Kier molecular flexibility index (Phi) is 2.41.